The van der Waals surface area contributed by atoms with Crippen LogP contribution >= 0.6 is 0 Å². The Hall–Kier alpha value is -5.26. The van der Waals surface area contributed by atoms with Crippen molar-refractivity contribution in [2.45, 2.75) is 26.9 Å². The highest BCUT2D eigenvalue weighted by Gasteiger charge is 2.30. The predicted octanol–water partition coefficient (Wildman–Crippen LogP) is 7.64. The Balaban J connectivity index is 0.00000316. The Morgan fingerprint density at radius 1 is 0.977 bits per heavy atom. The maximum Gasteiger partial charge on any atom is 0.412 e. The quantitative estimate of drug-likeness (QED) is 0.0733. The van der Waals surface area contributed by atoms with E-state index in [0.29, 0.717) is 23.3 Å². The van der Waals surface area contributed by atoms with Gasteiger partial charge in [-0.25, -0.2) is 13.6 Å². The molecule has 0 aromatic heterocycles. The van der Waals surface area contributed by atoms with E-state index < -0.39 is 41.0 Å². The van der Waals surface area contributed by atoms with E-state index in [1.807, 2.05) is 19.2 Å². The molecule has 0 fully saturated rings. The van der Waals surface area contributed by atoms with Crippen LogP contribution in [0.15, 0.2) is 108 Å². The number of nitrogens with zero attached hydrogens (tertiary/aromatic N) is 1. The van der Waals surface area contributed by atoms with Gasteiger partial charge in [0.05, 0.1) is 11.4 Å². The Morgan fingerprint density at radius 2 is 1.58 bits per heavy atom. The van der Waals surface area contributed by atoms with Gasteiger partial charge < -0.3 is 22.1 Å². The van der Waals surface area contributed by atoms with E-state index in [0.717, 1.165) is 6.92 Å². The van der Waals surface area contributed by atoms with Crippen LogP contribution in [0.25, 0.3) is 11.1 Å². The molecule has 3 aromatic carbocycles. The van der Waals surface area contributed by atoms with Gasteiger partial charge in [-0.05, 0) is 55.0 Å². The van der Waals surface area contributed by atoms with Crippen molar-refractivity contribution in [2.24, 2.45) is 10.7 Å². The highest BCUT2D eigenvalue weighted by Crippen LogP contribution is 2.30. The monoisotopic (exact) mass is 599 g/mol. The number of nitrogen functional groups attached to an aromatic ring is 1. The molecular weight excluding hydrogens is 569 g/mol. The first-order valence-electron chi connectivity index (χ1n) is 12.8. The van der Waals surface area contributed by atoms with E-state index in [4.69, 9.17) is 11.5 Å². The standard InChI is InChI=1S/C29H24F5N5O2.C2H6/c1-3-22(30)23(15-16(2)29(32,33)34)38-28(41)37-19-11-9-17(10-12-19)20-13-14-21(25(35)24(20)31)26(36)39-27(40)18-7-5-4-6-8-18;1-2/h3-15H,1,35H2,2H3,(H2,36,39,40)(H2,37,38,41);1-2H3/b16-15+,23-22-;. The highest BCUT2D eigenvalue weighted by molar-refractivity contribution is 6.11. The number of amides is 3. The van der Waals surface area contributed by atoms with Crippen LogP contribution in [0.1, 0.15) is 36.7 Å². The molecule has 3 amide bonds. The van der Waals surface area contributed by atoms with Crippen molar-refractivity contribution in [3.63, 3.8) is 0 Å². The normalized spacial score (nSPS) is 12.4. The number of rotatable bonds is 7. The molecule has 0 spiro atoms. The number of amidine groups is 1. The highest BCUT2D eigenvalue weighted by atomic mass is 19.4. The molecule has 3 rings (SSSR count). The van der Waals surface area contributed by atoms with Gasteiger partial charge in [0, 0.05) is 28.0 Å². The Kier molecular flexibility index (Phi) is 11.9. The zero-order valence-corrected chi connectivity index (χ0v) is 23.5. The number of nitrogens with two attached hydrogens (primary N) is 2. The average molecular weight is 600 g/mol. The molecule has 0 radical (unpaired) electrons. The number of hydrogen-bond donors (Lipinski definition) is 4. The van der Waals surface area contributed by atoms with Crippen LogP contribution in [0.4, 0.5) is 38.1 Å². The molecule has 226 valence electrons. The summed E-state index contributed by atoms with van der Waals surface area (Å²) in [6.07, 6.45) is -3.64. The largest absolute Gasteiger partial charge is 0.412 e. The van der Waals surface area contributed by atoms with Gasteiger partial charge in [0.2, 0.25) is 0 Å². The zero-order chi connectivity index (χ0) is 32.3. The van der Waals surface area contributed by atoms with Crippen LogP contribution in [0.3, 0.4) is 0 Å². The van der Waals surface area contributed by atoms with Crippen LogP contribution in [-0.4, -0.2) is 24.0 Å². The Bertz CT molecular complexity index is 1560. The molecule has 7 nitrogen and oxygen atoms in total. The number of anilines is 2. The van der Waals surface area contributed by atoms with Crippen molar-refractivity contribution < 1.29 is 31.5 Å². The van der Waals surface area contributed by atoms with Gasteiger partial charge in [0.15, 0.2) is 5.82 Å². The van der Waals surface area contributed by atoms with Crippen molar-refractivity contribution in [3.05, 3.63) is 120 Å². The topological polar surface area (TPSA) is 123 Å². The van der Waals surface area contributed by atoms with E-state index >= 15 is 4.39 Å². The summed E-state index contributed by atoms with van der Waals surface area (Å²) in [5.74, 6) is -2.90. The molecule has 0 saturated heterocycles. The summed E-state index contributed by atoms with van der Waals surface area (Å²) in [6, 6.07) is 15.6. The van der Waals surface area contributed by atoms with Crippen LogP contribution in [-0.2, 0) is 0 Å². The third kappa shape index (κ3) is 9.12. The minimum Gasteiger partial charge on any atom is -0.396 e. The number of urea groups is 1. The van der Waals surface area contributed by atoms with Crippen LogP contribution in [0.2, 0.25) is 0 Å². The molecule has 0 unspecified atom stereocenters. The summed E-state index contributed by atoms with van der Waals surface area (Å²) in [5, 5.41) is 4.35. The van der Waals surface area contributed by atoms with E-state index in [9.17, 15) is 27.2 Å². The lowest BCUT2D eigenvalue weighted by Crippen LogP contribution is -2.28. The molecule has 0 aliphatic heterocycles. The number of carbonyl (C=O) groups excluding carboxylic acids is 2. The van der Waals surface area contributed by atoms with Gasteiger partial charge in [-0.3, -0.25) is 4.79 Å². The first-order chi connectivity index (χ1) is 20.3. The third-order valence-electron chi connectivity index (χ3n) is 5.64. The van der Waals surface area contributed by atoms with Gasteiger partial charge in [-0.15, -0.1) is 0 Å². The molecule has 0 atom stereocenters. The summed E-state index contributed by atoms with van der Waals surface area (Å²) < 4.78 is 67.7. The van der Waals surface area contributed by atoms with Gasteiger partial charge in [0.1, 0.15) is 11.7 Å². The summed E-state index contributed by atoms with van der Waals surface area (Å²) in [4.78, 5) is 28.4. The number of aliphatic imine (C=N–C) groups is 1. The van der Waals surface area contributed by atoms with E-state index in [1.54, 1.807) is 30.3 Å². The lowest BCUT2D eigenvalue weighted by molar-refractivity contribution is -0.0913. The number of nitrogens with one attached hydrogen (secondary N) is 2. The van der Waals surface area contributed by atoms with Crippen molar-refractivity contribution in [2.75, 3.05) is 11.1 Å². The maximum atomic E-state index is 15.2. The molecule has 0 aliphatic rings. The second-order valence-electron chi connectivity index (χ2n) is 8.50. The first-order valence-corrected chi connectivity index (χ1v) is 12.8. The average Bonchev–Trinajstić information content (AvgIpc) is 2.99. The van der Waals surface area contributed by atoms with Crippen LogP contribution in [0.5, 0.6) is 0 Å². The van der Waals surface area contributed by atoms with Crippen molar-refractivity contribution >= 4 is 29.1 Å². The fourth-order valence-corrected chi connectivity index (χ4v) is 3.44. The number of alkyl halides is 3. The number of allylic oxidation sites excluding steroid dienone is 4. The molecule has 0 heterocycles. The zero-order valence-electron chi connectivity index (χ0n) is 23.5. The summed E-state index contributed by atoms with van der Waals surface area (Å²) in [6.45, 7) is 7.87. The minimum absolute atomic E-state index is 0.0240. The minimum atomic E-state index is -4.73. The molecule has 0 saturated carbocycles. The van der Waals surface area contributed by atoms with Crippen molar-refractivity contribution in [1.82, 2.24) is 5.32 Å². The summed E-state index contributed by atoms with van der Waals surface area (Å²) in [5.41, 5.74) is 10.6. The van der Waals surface area contributed by atoms with Gasteiger partial charge in [-0.2, -0.15) is 18.2 Å². The molecule has 6 N–H and O–H groups in total. The van der Waals surface area contributed by atoms with Crippen molar-refractivity contribution in [1.29, 1.82) is 0 Å². The smallest absolute Gasteiger partial charge is 0.396 e. The third-order valence-corrected chi connectivity index (χ3v) is 5.64. The fraction of sp³-hybridized carbons (Fsp3) is 0.129. The number of carbonyl (C=O) groups is 2. The molecule has 0 aliphatic carbocycles. The summed E-state index contributed by atoms with van der Waals surface area (Å²) >= 11 is 0. The number of halogens is 5. The van der Waals surface area contributed by atoms with E-state index in [-0.39, 0.29) is 28.3 Å². The molecule has 3 aromatic rings. The van der Waals surface area contributed by atoms with E-state index in [2.05, 4.69) is 16.9 Å². The molecule has 0 bridgehead atoms. The van der Waals surface area contributed by atoms with Gasteiger partial charge in [-0.1, -0.05) is 56.8 Å². The van der Waals surface area contributed by atoms with Gasteiger partial charge >= 0.3 is 12.2 Å². The molecular formula is C31H30F5N5O2. The lowest BCUT2D eigenvalue weighted by atomic mass is 10.0. The number of benzene rings is 3. The van der Waals surface area contributed by atoms with Crippen molar-refractivity contribution in [3.8, 4) is 11.1 Å². The SMILES string of the molecule is C=C/C(F)=C(\C=C(/C)C(F)(F)F)NC(=O)Nc1ccc(-c2ccc(C(N)=NC(=O)c3ccccc3)c(N)c2F)cc1.CC. The van der Waals surface area contributed by atoms with Crippen LogP contribution in [0, 0.1) is 5.82 Å². The second kappa shape index (κ2) is 15.1. The Morgan fingerprint density at radius 3 is 2.14 bits per heavy atom. The maximum absolute atomic E-state index is 15.2. The molecule has 12 heteroatoms. The van der Waals surface area contributed by atoms with Crippen LogP contribution < -0.4 is 22.1 Å². The Labute approximate surface area is 245 Å². The van der Waals surface area contributed by atoms with E-state index in [1.165, 1.54) is 36.4 Å². The summed E-state index contributed by atoms with van der Waals surface area (Å²) in [7, 11) is 0. The van der Waals surface area contributed by atoms with Gasteiger partial charge in [0.25, 0.3) is 5.91 Å². The molecule has 43 heavy (non-hydrogen) atoms. The first kappa shape index (κ1) is 33.9. The second-order valence-corrected chi connectivity index (χ2v) is 8.50. The predicted molar refractivity (Wildman–Crippen MR) is 159 cm³/mol. The number of hydrogen-bond acceptors (Lipinski definition) is 3. The fourth-order valence-electron chi connectivity index (χ4n) is 3.44. The lowest BCUT2D eigenvalue weighted by Gasteiger charge is -2.13.